The number of ether oxygens (including phenoxy) is 9. The van der Waals surface area contributed by atoms with Crippen LogP contribution >= 0.6 is 0 Å². The minimum atomic E-state index is -0.940. The lowest BCUT2D eigenvalue weighted by Gasteiger charge is -2.19. The van der Waals surface area contributed by atoms with Gasteiger partial charge in [-0.25, -0.2) is 15.0 Å². The lowest BCUT2D eigenvalue weighted by atomic mass is 10.1. The molecule has 4 aromatic rings. The number of hydrogen-bond acceptors (Lipinski definition) is 21. The number of esters is 9. The van der Waals surface area contributed by atoms with Crippen LogP contribution in [0.25, 0.3) is 34.2 Å². The molecule has 0 bridgehead atoms. The molecule has 3 aromatic carbocycles. The highest BCUT2D eigenvalue weighted by Gasteiger charge is 2.30. The normalized spacial score (nSPS) is 10.3. The van der Waals surface area contributed by atoms with Crippen molar-refractivity contribution in [1.29, 1.82) is 0 Å². The van der Waals surface area contributed by atoms with Crippen LogP contribution in [0.4, 0.5) is 0 Å². The molecule has 21 heteroatoms. The second kappa shape index (κ2) is 18.9. The van der Waals surface area contributed by atoms with Gasteiger partial charge in [-0.3, -0.25) is 43.2 Å². The molecule has 0 radical (unpaired) electrons. The van der Waals surface area contributed by atoms with Gasteiger partial charge in [-0.15, -0.1) is 0 Å². The summed E-state index contributed by atoms with van der Waals surface area (Å²) >= 11 is 0. The Labute approximate surface area is 338 Å². The highest BCUT2D eigenvalue weighted by molar-refractivity contribution is 5.89. The molecule has 0 unspecified atom stereocenters. The SMILES string of the molecule is CC(=O)Oc1cc(OC(C)=O)c(-c2nc(-c3c(OC(C)=O)cc(OC(C)=O)cc3OC(C)=O)nc(-c3c(OC(C)=O)cc(OC(C)=O)cc3OC(C)=O)n2)c(OC(C)=O)c1. The van der Waals surface area contributed by atoms with E-state index >= 15 is 0 Å². The van der Waals surface area contributed by atoms with Gasteiger partial charge >= 0.3 is 53.7 Å². The number of nitrogens with zero attached hydrogens (tertiary/aromatic N) is 3. The van der Waals surface area contributed by atoms with Gasteiger partial charge in [-0.2, -0.15) is 0 Å². The Hall–Kier alpha value is -8.10. The average Bonchev–Trinajstić information content (AvgIpc) is 3.05. The summed E-state index contributed by atoms with van der Waals surface area (Å²) in [4.78, 5) is 124. The van der Waals surface area contributed by atoms with Gasteiger partial charge in [0, 0.05) is 98.7 Å². The molecule has 1 aromatic heterocycles. The topological polar surface area (TPSA) is 275 Å². The fourth-order valence-corrected chi connectivity index (χ4v) is 5.16. The van der Waals surface area contributed by atoms with E-state index in [0.29, 0.717) is 0 Å². The molecule has 0 aliphatic rings. The highest BCUT2D eigenvalue weighted by Crippen LogP contribution is 2.47. The number of rotatable bonds is 12. The summed E-state index contributed by atoms with van der Waals surface area (Å²) in [6.07, 6.45) is 0. The molecule has 0 atom stereocenters. The quantitative estimate of drug-likeness (QED) is 0.143. The summed E-state index contributed by atoms with van der Waals surface area (Å²) in [5.41, 5.74) is -1.21. The van der Waals surface area contributed by atoms with Crippen LogP contribution in [-0.2, 0) is 43.2 Å². The van der Waals surface area contributed by atoms with Crippen LogP contribution in [0, 0.1) is 0 Å². The van der Waals surface area contributed by atoms with Gasteiger partial charge in [0.15, 0.2) is 17.5 Å². The van der Waals surface area contributed by atoms with Crippen LogP contribution < -0.4 is 42.6 Å². The summed E-state index contributed by atoms with van der Waals surface area (Å²) in [6.45, 7) is 9.29. The monoisotopic (exact) mass is 831 g/mol. The van der Waals surface area contributed by atoms with Crippen molar-refractivity contribution in [2.24, 2.45) is 0 Å². The van der Waals surface area contributed by atoms with Gasteiger partial charge < -0.3 is 42.6 Å². The van der Waals surface area contributed by atoms with E-state index < -0.39 is 122 Å². The van der Waals surface area contributed by atoms with E-state index in [-0.39, 0.29) is 17.2 Å². The highest BCUT2D eigenvalue weighted by atomic mass is 16.6. The van der Waals surface area contributed by atoms with E-state index in [2.05, 4.69) is 15.0 Å². The molecule has 4 rings (SSSR count). The third-order valence-corrected chi connectivity index (χ3v) is 6.73. The third-order valence-electron chi connectivity index (χ3n) is 6.73. The Bertz CT molecular complexity index is 2100. The minimum Gasteiger partial charge on any atom is -0.426 e. The molecule has 0 saturated carbocycles. The molecule has 312 valence electrons. The maximum atomic E-state index is 12.5. The molecule has 0 amide bonds. The minimum absolute atomic E-state index is 0.279. The summed E-state index contributed by atoms with van der Waals surface area (Å²) in [5, 5.41) is 0. The number of benzene rings is 3. The fourth-order valence-electron chi connectivity index (χ4n) is 5.16. The molecule has 21 nitrogen and oxygen atoms in total. The molecule has 0 saturated heterocycles. The molecule has 0 aliphatic carbocycles. The van der Waals surface area contributed by atoms with Crippen molar-refractivity contribution in [3.63, 3.8) is 0 Å². The lowest BCUT2D eigenvalue weighted by Crippen LogP contribution is -2.13. The van der Waals surface area contributed by atoms with Crippen molar-refractivity contribution in [1.82, 2.24) is 15.0 Å². The Morgan fingerprint density at radius 3 is 0.567 bits per heavy atom. The Morgan fingerprint density at radius 1 is 0.283 bits per heavy atom. The fraction of sp³-hybridized carbons (Fsp3) is 0.231. The first-order valence-electron chi connectivity index (χ1n) is 17.1. The van der Waals surface area contributed by atoms with Gasteiger partial charge in [-0.05, 0) is 0 Å². The van der Waals surface area contributed by atoms with E-state index in [0.717, 1.165) is 98.7 Å². The zero-order chi connectivity index (χ0) is 44.6. The van der Waals surface area contributed by atoms with Crippen molar-refractivity contribution in [2.45, 2.75) is 62.3 Å². The molecular weight excluding hydrogens is 798 g/mol. The standard InChI is InChI=1S/C39H33N3O18/c1-16(43)52-25-10-28(55-19(4)46)34(29(11-25)56-20(5)47)37-40-38(35-30(57-21(6)48)12-26(53-17(2)44)13-31(35)58-22(7)49)42-39(41-37)36-32(59-23(8)50)14-27(54-18(3)45)15-33(36)60-24(9)51/h10-15H,1-9H3. The Morgan fingerprint density at radius 2 is 0.433 bits per heavy atom. The molecular formula is C39H33N3O18. The molecule has 0 spiro atoms. The van der Waals surface area contributed by atoms with E-state index in [1.54, 1.807) is 0 Å². The summed E-state index contributed by atoms with van der Waals surface area (Å²) < 4.78 is 48.3. The van der Waals surface area contributed by atoms with Gasteiger partial charge in [0.1, 0.15) is 68.4 Å². The second-order valence-corrected chi connectivity index (χ2v) is 12.0. The van der Waals surface area contributed by atoms with E-state index in [4.69, 9.17) is 42.6 Å². The predicted molar refractivity (Wildman–Crippen MR) is 198 cm³/mol. The zero-order valence-corrected chi connectivity index (χ0v) is 33.2. The zero-order valence-electron chi connectivity index (χ0n) is 33.2. The average molecular weight is 832 g/mol. The maximum absolute atomic E-state index is 12.5. The third kappa shape index (κ3) is 12.0. The van der Waals surface area contributed by atoms with E-state index in [1.807, 2.05) is 0 Å². The van der Waals surface area contributed by atoms with Crippen molar-refractivity contribution in [3.8, 4) is 85.9 Å². The van der Waals surface area contributed by atoms with Crippen LogP contribution in [-0.4, -0.2) is 68.7 Å². The van der Waals surface area contributed by atoms with Gasteiger partial charge in [0.2, 0.25) is 0 Å². The van der Waals surface area contributed by atoms with Crippen LogP contribution in [0.5, 0.6) is 51.7 Å². The first kappa shape index (κ1) is 44.6. The maximum Gasteiger partial charge on any atom is 0.308 e. The lowest BCUT2D eigenvalue weighted by molar-refractivity contribution is -0.133. The van der Waals surface area contributed by atoms with Crippen LogP contribution in [0.1, 0.15) is 62.3 Å². The Balaban J connectivity index is 2.35. The van der Waals surface area contributed by atoms with E-state index in [1.165, 1.54) is 0 Å². The smallest absolute Gasteiger partial charge is 0.308 e. The van der Waals surface area contributed by atoms with Crippen molar-refractivity contribution < 1.29 is 85.8 Å². The summed E-state index contributed by atoms with van der Waals surface area (Å²) in [6, 6.07) is 6.33. The molecule has 0 aliphatic heterocycles. The predicted octanol–water partition coefficient (Wildman–Crippen LogP) is 4.20. The Kier molecular flexibility index (Phi) is 14.0. The van der Waals surface area contributed by atoms with Gasteiger partial charge in [-0.1, -0.05) is 0 Å². The van der Waals surface area contributed by atoms with Crippen LogP contribution in [0.3, 0.4) is 0 Å². The largest absolute Gasteiger partial charge is 0.426 e. The summed E-state index contributed by atoms with van der Waals surface area (Å²) in [7, 11) is 0. The first-order valence-corrected chi connectivity index (χ1v) is 17.1. The van der Waals surface area contributed by atoms with Crippen molar-refractivity contribution >= 4 is 53.7 Å². The van der Waals surface area contributed by atoms with Crippen molar-refractivity contribution in [2.75, 3.05) is 0 Å². The number of carbonyl (C=O) groups is 9. The second-order valence-electron chi connectivity index (χ2n) is 12.0. The van der Waals surface area contributed by atoms with Crippen LogP contribution in [0.15, 0.2) is 36.4 Å². The van der Waals surface area contributed by atoms with Gasteiger partial charge in [0.05, 0.1) is 0 Å². The summed E-state index contributed by atoms with van der Waals surface area (Å²) in [5.74, 6) is -13.5. The number of carbonyl (C=O) groups excluding carboxylic acids is 9. The number of hydrogen-bond donors (Lipinski definition) is 0. The van der Waals surface area contributed by atoms with Crippen LogP contribution in [0.2, 0.25) is 0 Å². The van der Waals surface area contributed by atoms with Crippen molar-refractivity contribution in [3.05, 3.63) is 36.4 Å². The molecule has 60 heavy (non-hydrogen) atoms. The first-order chi connectivity index (χ1) is 28.1. The molecule has 0 fully saturated rings. The van der Waals surface area contributed by atoms with E-state index in [9.17, 15) is 43.2 Å². The van der Waals surface area contributed by atoms with Gasteiger partial charge in [0.25, 0.3) is 0 Å². The number of aromatic nitrogens is 3. The molecule has 1 heterocycles. The molecule has 0 N–H and O–H groups in total.